The molecule has 0 aliphatic carbocycles. The van der Waals surface area contributed by atoms with Crippen LogP contribution >= 0.6 is 0 Å². The van der Waals surface area contributed by atoms with Gasteiger partial charge >= 0.3 is 0 Å². The summed E-state index contributed by atoms with van der Waals surface area (Å²) < 4.78 is 24.2. The van der Waals surface area contributed by atoms with Crippen LogP contribution in [0, 0.1) is 13.8 Å². The van der Waals surface area contributed by atoms with Crippen molar-refractivity contribution in [3.8, 4) is 0 Å². The number of rotatable bonds is 4. The first kappa shape index (κ1) is 14.2. The van der Waals surface area contributed by atoms with Crippen molar-refractivity contribution in [1.29, 1.82) is 0 Å². The van der Waals surface area contributed by atoms with Gasteiger partial charge in [-0.1, -0.05) is 23.8 Å². The van der Waals surface area contributed by atoms with Crippen molar-refractivity contribution in [2.45, 2.75) is 18.7 Å². The number of hydrogen-bond acceptors (Lipinski definition) is 4. The van der Waals surface area contributed by atoms with Crippen molar-refractivity contribution in [3.05, 3.63) is 59.4 Å². The molecule has 0 radical (unpaired) electrons. The Balaban J connectivity index is 2.18. The number of hydrazone groups is 1. The van der Waals surface area contributed by atoms with Crippen LogP contribution in [0.5, 0.6) is 0 Å². The predicted molar refractivity (Wildman–Crippen MR) is 78.1 cm³/mol. The monoisotopic (exact) mass is 289 g/mol. The molecule has 0 aliphatic heterocycles. The SMILES string of the molecule is Cc1ccc(S(=O)(=O)N/N=C/c2ccccn2)c(C)c1. The second-order valence-corrected chi connectivity index (χ2v) is 6.01. The maximum Gasteiger partial charge on any atom is 0.276 e. The number of aromatic nitrogens is 1. The van der Waals surface area contributed by atoms with E-state index in [1.54, 1.807) is 43.5 Å². The highest BCUT2D eigenvalue weighted by Crippen LogP contribution is 2.15. The fourth-order valence-corrected chi connectivity index (χ4v) is 2.78. The van der Waals surface area contributed by atoms with E-state index in [4.69, 9.17) is 0 Å². The van der Waals surface area contributed by atoms with Crippen molar-refractivity contribution in [2.24, 2.45) is 5.10 Å². The van der Waals surface area contributed by atoms with Crippen LogP contribution in [-0.4, -0.2) is 19.6 Å². The number of nitrogens with one attached hydrogen (secondary N) is 1. The van der Waals surface area contributed by atoms with E-state index in [9.17, 15) is 8.42 Å². The van der Waals surface area contributed by atoms with Crippen LogP contribution in [0.4, 0.5) is 0 Å². The van der Waals surface area contributed by atoms with Crippen molar-refractivity contribution < 1.29 is 8.42 Å². The van der Waals surface area contributed by atoms with Gasteiger partial charge in [0, 0.05) is 6.20 Å². The van der Waals surface area contributed by atoms with Crippen LogP contribution in [0.1, 0.15) is 16.8 Å². The van der Waals surface area contributed by atoms with Crippen LogP contribution < -0.4 is 4.83 Å². The van der Waals surface area contributed by atoms with Gasteiger partial charge in [-0.05, 0) is 37.6 Å². The van der Waals surface area contributed by atoms with E-state index in [-0.39, 0.29) is 4.90 Å². The Bertz CT molecular complexity index is 725. The Labute approximate surface area is 118 Å². The quantitative estimate of drug-likeness (QED) is 0.691. The Hall–Kier alpha value is -2.21. The van der Waals surface area contributed by atoms with Gasteiger partial charge in [0.25, 0.3) is 10.0 Å². The molecule has 20 heavy (non-hydrogen) atoms. The smallest absolute Gasteiger partial charge is 0.255 e. The fourth-order valence-electron chi connectivity index (χ4n) is 1.76. The van der Waals surface area contributed by atoms with E-state index in [0.717, 1.165) is 5.56 Å². The molecule has 1 heterocycles. The average Bonchev–Trinajstić information content (AvgIpc) is 2.39. The first-order chi connectivity index (χ1) is 9.49. The minimum Gasteiger partial charge on any atom is -0.255 e. The lowest BCUT2D eigenvalue weighted by atomic mass is 10.2. The Morgan fingerprint density at radius 1 is 1.20 bits per heavy atom. The van der Waals surface area contributed by atoms with Gasteiger partial charge in [-0.25, -0.2) is 0 Å². The molecule has 6 heteroatoms. The van der Waals surface area contributed by atoms with Gasteiger partial charge in [0.2, 0.25) is 0 Å². The van der Waals surface area contributed by atoms with Crippen LogP contribution in [0.2, 0.25) is 0 Å². The molecule has 0 aliphatic rings. The minimum atomic E-state index is -3.65. The summed E-state index contributed by atoms with van der Waals surface area (Å²) in [5.41, 5.74) is 2.28. The normalized spacial score (nSPS) is 11.7. The van der Waals surface area contributed by atoms with Gasteiger partial charge in [0.15, 0.2) is 0 Å². The zero-order valence-corrected chi connectivity index (χ0v) is 12.1. The van der Waals surface area contributed by atoms with Crippen LogP contribution in [-0.2, 0) is 10.0 Å². The van der Waals surface area contributed by atoms with E-state index in [1.165, 1.54) is 6.21 Å². The number of pyridine rings is 1. The summed E-state index contributed by atoms with van der Waals surface area (Å²) in [4.78, 5) is 6.43. The van der Waals surface area contributed by atoms with Crippen LogP contribution in [0.25, 0.3) is 0 Å². The van der Waals surface area contributed by atoms with E-state index in [2.05, 4.69) is 14.9 Å². The topological polar surface area (TPSA) is 71.4 Å². The lowest BCUT2D eigenvalue weighted by Gasteiger charge is -2.07. The number of nitrogens with zero attached hydrogens (tertiary/aromatic N) is 2. The summed E-state index contributed by atoms with van der Waals surface area (Å²) in [6, 6.07) is 10.4. The molecule has 0 saturated carbocycles. The van der Waals surface area contributed by atoms with Gasteiger partial charge in [0.1, 0.15) is 0 Å². The third-order valence-electron chi connectivity index (χ3n) is 2.68. The molecule has 0 saturated heterocycles. The van der Waals surface area contributed by atoms with Gasteiger partial charge in [-0.15, -0.1) is 0 Å². The molecular formula is C14H15N3O2S. The Morgan fingerprint density at radius 3 is 2.65 bits per heavy atom. The molecule has 5 nitrogen and oxygen atoms in total. The molecule has 0 spiro atoms. The van der Waals surface area contributed by atoms with Gasteiger partial charge in [0.05, 0.1) is 16.8 Å². The molecular weight excluding hydrogens is 274 g/mol. The summed E-state index contributed by atoms with van der Waals surface area (Å²) in [6.07, 6.45) is 2.97. The van der Waals surface area contributed by atoms with E-state index in [1.807, 2.05) is 13.0 Å². The molecule has 0 bridgehead atoms. The lowest BCUT2D eigenvalue weighted by Crippen LogP contribution is -2.19. The molecule has 1 aromatic carbocycles. The first-order valence-corrected chi connectivity index (χ1v) is 7.50. The van der Waals surface area contributed by atoms with Crippen molar-refractivity contribution in [3.63, 3.8) is 0 Å². The second-order valence-electron chi connectivity index (χ2n) is 4.38. The van der Waals surface area contributed by atoms with E-state index >= 15 is 0 Å². The molecule has 104 valence electrons. The molecule has 2 aromatic rings. The van der Waals surface area contributed by atoms with Crippen LogP contribution in [0.15, 0.2) is 52.6 Å². The molecule has 1 aromatic heterocycles. The number of hydrogen-bond donors (Lipinski definition) is 1. The molecule has 1 N–H and O–H groups in total. The third kappa shape index (κ3) is 3.42. The molecule has 0 atom stereocenters. The fraction of sp³-hybridized carbons (Fsp3) is 0.143. The zero-order valence-electron chi connectivity index (χ0n) is 11.2. The highest BCUT2D eigenvalue weighted by atomic mass is 32.2. The lowest BCUT2D eigenvalue weighted by molar-refractivity contribution is 0.584. The maximum atomic E-state index is 12.1. The molecule has 0 unspecified atom stereocenters. The Kier molecular flexibility index (Phi) is 4.14. The second kappa shape index (κ2) is 5.83. The molecule has 2 rings (SSSR count). The maximum absolute atomic E-state index is 12.1. The number of aryl methyl sites for hydroxylation is 2. The standard InChI is InChI=1S/C14H15N3O2S/c1-11-6-7-14(12(2)9-11)20(18,19)17-16-10-13-5-3-4-8-15-13/h3-10,17H,1-2H3/b16-10+. The summed E-state index contributed by atoms with van der Waals surface area (Å²) in [5, 5.41) is 3.73. The number of benzene rings is 1. The van der Waals surface area contributed by atoms with Crippen molar-refractivity contribution in [2.75, 3.05) is 0 Å². The zero-order chi connectivity index (χ0) is 14.6. The number of sulfonamides is 1. The third-order valence-corrected chi connectivity index (χ3v) is 4.06. The van der Waals surface area contributed by atoms with E-state index in [0.29, 0.717) is 11.3 Å². The molecule has 0 fully saturated rings. The van der Waals surface area contributed by atoms with Crippen LogP contribution in [0.3, 0.4) is 0 Å². The predicted octanol–water partition coefficient (Wildman–Crippen LogP) is 2.01. The van der Waals surface area contributed by atoms with E-state index < -0.39 is 10.0 Å². The Morgan fingerprint density at radius 2 is 2.00 bits per heavy atom. The van der Waals surface area contributed by atoms with Crippen molar-refractivity contribution in [1.82, 2.24) is 9.82 Å². The van der Waals surface area contributed by atoms with Gasteiger partial charge in [-0.3, -0.25) is 4.98 Å². The highest BCUT2D eigenvalue weighted by Gasteiger charge is 2.15. The van der Waals surface area contributed by atoms with Crippen molar-refractivity contribution >= 4 is 16.2 Å². The minimum absolute atomic E-state index is 0.223. The van der Waals surface area contributed by atoms with Gasteiger partial charge in [-0.2, -0.15) is 18.4 Å². The summed E-state index contributed by atoms with van der Waals surface area (Å²) in [7, 11) is -3.65. The highest BCUT2D eigenvalue weighted by molar-refractivity contribution is 7.89. The average molecular weight is 289 g/mol. The first-order valence-electron chi connectivity index (χ1n) is 6.02. The summed E-state index contributed by atoms with van der Waals surface area (Å²) >= 11 is 0. The molecule has 0 amide bonds. The summed E-state index contributed by atoms with van der Waals surface area (Å²) in [5.74, 6) is 0. The largest absolute Gasteiger partial charge is 0.276 e. The summed E-state index contributed by atoms with van der Waals surface area (Å²) in [6.45, 7) is 3.67. The van der Waals surface area contributed by atoms with Gasteiger partial charge < -0.3 is 0 Å².